The van der Waals surface area contributed by atoms with Crippen LogP contribution in [0.2, 0.25) is 0 Å². The van der Waals surface area contributed by atoms with Crippen LogP contribution in [-0.4, -0.2) is 33.2 Å². The Morgan fingerprint density at radius 1 is 1.39 bits per heavy atom. The first-order valence-corrected chi connectivity index (χ1v) is 5.57. The molecule has 0 amide bonds. The van der Waals surface area contributed by atoms with Crippen LogP contribution in [0.5, 0.6) is 0 Å². The molecule has 0 aromatic carbocycles. The third-order valence-electron chi connectivity index (χ3n) is 2.07. The Labute approximate surface area is 105 Å². The average molecular weight is 254 g/mol. The number of aromatic nitrogens is 1. The molecule has 100 valence electrons. The van der Waals surface area contributed by atoms with E-state index in [0.717, 1.165) is 12.1 Å². The van der Waals surface area contributed by atoms with Gasteiger partial charge >= 0.3 is 11.9 Å². The number of pyridine rings is 1. The Hall–Kier alpha value is -1.95. The lowest BCUT2D eigenvalue weighted by molar-refractivity contribution is -0.139. The summed E-state index contributed by atoms with van der Waals surface area (Å²) in [6.07, 6.45) is 2.62. The summed E-state index contributed by atoms with van der Waals surface area (Å²) in [4.78, 5) is 24.0. The van der Waals surface area contributed by atoms with Crippen LogP contribution >= 0.6 is 0 Å². The van der Waals surface area contributed by atoms with E-state index in [0.29, 0.717) is 0 Å². The lowest BCUT2D eigenvalue weighted by atomic mass is 10.2. The molecule has 0 aliphatic heterocycles. The quantitative estimate of drug-likeness (QED) is 0.719. The van der Waals surface area contributed by atoms with Gasteiger partial charge in [0.1, 0.15) is 6.04 Å². The number of carbonyl (C=O) groups is 2. The highest BCUT2D eigenvalue weighted by molar-refractivity contribution is 5.74. The van der Waals surface area contributed by atoms with E-state index < -0.39 is 18.0 Å². The number of aryl methyl sites for hydroxylation is 1. The third kappa shape index (κ3) is 8.23. The van der Waals surface area contributed by atoms with E-state index in [1.807, 2.05) is 24.4 Å². The number of nitrogens with zero attached hydrogens (tertiary/aromatic N) is 1. The van der Waals surface area contributed by atoms with Gasteiger partial charge in [0.05, 0.1) is 0 Å². The first-order chi connectivity index (χ1) is 8.47. The molecule has 1 aromatic heterocycles. The van der Waals surface area contributed by atoms with E-state index in [9.17, 15) is 9.59 Å². The predicted octanol–water partition coefficient (Wildman–Crippen LogP) is 0.907. The van der Waals surface area contributed by atoms with Gasteiger partial charge in [-0.25, -0.2) is 0 Å². The van der Waals surface area contributed by atoms with Gasteiger partial charge in [0.2, 0.25) is 0 Å². The number of carboxylic acids is 2. The van der Waals surface area contributed by atoms with Gasteiger partial charge in [-0.15, -0.1) is 0 Å². The third-order valence-corrected chi connectivity index (χ3v) is 2.07. The van der Waals surface area contributed by atoms with Crippen molar-refractivity contribution in [1.82, 2.24) is 4.98 Å². The second kappa shape index (κ2) is 9.12. The summed E-state index contributed by atoms with van der Waals surface area (Å²) < 4.78 is 0. The largest absolute Gasteiger partial charge is 0.481 e. The lowest BCUT2D eigenvalue weighted by Gasteiger charge is -2.01. The number of hydrogen-bond donors (Lipinski definition) is 3. The maximum atomic E-state index is 9.99. The van der Waals surface area contributed by atoms with E-state index >= 15 is 0 Å². The fourth-order valence-corrected chi connectivity index (χ4v) is 1.01. The van der Waals surface area contributed by atoms with Gasteiger partial charge in [-0.2, -0.15) is 0 Å². The van der Waals surface area contributed by atoms with Crippen molar-refractivity contribution in [3.05, 3.63) is 30.1 Å². The highest BCUT2D eigenvalue weighted by Gasteiger charge is 2.12. The molecule has 0 aliphatic rings. The first-order valence-electron chi connectivity index (χ1n) is 5.57. The Balaban J connectivity index is 0.000000327. The Morgan fingerprint density at radius 3 is 2.39 bits per heavy atom. The molecule has 18 heavy (non-hydrogen) atoms. The molecule has 0 aliphatic carbocycles. The summed E-state index contributed by atoms with van der Waals surface area (Å²) in [7, 11) is 0. The van der Waals surface area contributed by atoms with Crippen LogP contribution in [0.25, 0.3) is 0 Å². The zero-order valence-electron chi connectivity index (χ0n) is 10.2. The van der Waals surface area contributed by atoms with E-state index in [2.05, 4.69) is 11.9 Å². The molecule has 0 bridgehead atoms. The maximum Gasteiger partial charge on any atom is 0.320 e. The first kappa shape index (κ1) is 16.1. The average Bonchev–Trinajstić information content (AvgIpc) is 2.37. The molecule has 1 unspecified atom stereocenters. The van der Waals surface area contributed by atoms with Crippen LogP contribution in [-0.2, 0) is 16.0 Å². The van der Waals surface area contributed by atoms with Crippen molar-refractivity contribution in [3.63, 3.8) is 0 Å². The summed E-state index contributed by atoms with van der Waals surface area (Å²) in [5.41, 5.74) is 6.16. The molecule has 1 heterocycles. The summed E-state index contributed by atoms with van der Waals surface area (Å²) in [6.45, 7) is 2.10. The number of rotatable bonds is 5. The van der Waals surface area contributed by atoms with Gasteiger partial charge in [-0.1, -0.05) is 13.0 Å². The number of nitrogens with two attached hydrogens (primary N) is 1. The number of aliphatic carboxylic acids is 2. The summed E-state index contributed by atoms with van der Waals surface area (Å²) in [6, 6.07) is 4.90. The van der Waals surface area contributed by atoms with Gasteiger partial charge in [-0.05, 0) is 25.0 Å². The topological polar surface area (TPSA) is 114 Å². The van der Waals surface area contributed by atoms with Gasteiger partial charge in [0, 0.05) is 18.3 Å². The minimum Gasteiger partial charge on any atom is -0.481 e. The predicted molar refractivity (Wildman–Crippen MR) is 66.1 cm³/mol. The van der Waals surface area contributed by atoms with E-state index in [1.54, 1.807) is 0 Å². The maximum absolute atomic E-state index is 9.99. The highest BCUT2D eigenvalue weighted by atomic mass is 16.4. The second-order valence-corrected chi connectivity index (χ2v) is 3.55. The normalized spacial score (nSPS) is 11.0. The molecule has 4 N–H and O–H groups in total. The molecule has 0 radical (unpaired) electrons. The molecule has 0 fully saturated rings. The highest BCUT2D eigenvalue weighted by Crippen LogP contribution is 1.93. The Bertz CT molecular complexity index is 368. The zero-order valence-corrected chi connectivity index (χ0v) is 10.2. The standard InChI is InChI=1S/C7H9N.C5H9NO4/c1-2-7-5-3-4-6-8-7;6-3(5(9)10)1-2-4(7)8/h3-6H,2H2,1H3;3H,1-2,6H2,(H,7,8)(H,9,10). The molecular weight excluding hydrogens is 236 g/mol. The van der Waals surface area contributed by atoms with Crippen molar-refractivity contribution in [1.29, 1.82) is 0 Å². The number of hydrogen-bond acceptors (Lipinski definition) is 4. The summed E-state index contributed by atoms with van der Waals surface area (Å²) in [5, 5.41) is 16.3. The van der Waals surface area contributed by atoms with Crippen molar-refractivity contribution in [2.24, 2.45) is 5.73 Å². The van der Waals surface area contributed by atoms with E-state index in [1.165, 1.54) is 0 Å². The minimum absolute atomic E-state index is 0.0231. The zero-order chi connectivity index (χ0) is 14.0. The van der Waals surface area contributed by atoms with Gasteiger partial charge < -0.3 is 15.9 Å². The minimum atomic E-state index is -1.17. The fraction of sp³-hybridized carbons (Fsp3) is 0.417. The number of carboxylic acid groups (broad SMARTS) is 2. The summed E-state index contributed by atoms with van der Waals surface area (Å²) >= 11 is 0. The van der Waals surface area contributed by atoms with Crippen molar-refractivity contribution in [2.75, 3.05) is 0 Å². The molecule has 1 aromatic rings. The van der Waals surface area contributed by atoms with Crippen LogP contribution in [0.3, 0.4) is 0 Å². The lowest BCUT2D eigenvalue weighted by Crippen LogP contribution is -2.30. The van der Waals surface area contributed by atoms with Gasteiger partial charge in [0.25, 0.3) is 0 Å². The van der Waals surface area contributed by atoms with Crippen LogP contribution in [0.15, 0.2) is 24.4 Å². The Morgan fingerprint density at radius 2 is 2.06 bits per heavy atom. The molecule has 1 rings (SSSR count). The fourth-order valence-electron chi connectivity index (χ4n) is 1.01. The van der Waals surface area contributed by atoms with Gasteiger partial charge in [0.15, 0.2) is 0 Å². The molecule has 1 atom stereocenters. The molecule has 6 heteroatoms. The van der Waals surface area contributed by atoms with Gasteiger partial charge in [-0.3, -0.25) is 14.6 Å². The monoisotopic (exact) mass is 254 g/mol. The van der Waals surface area contributed by atoms with E-state index in [-0.39, 0.29) is 12.8 Å². The molecule has 0 saturated heterocycles. The molecule has 0 saturated carbocycles. The van der Waals surface area contributed by atoms with E-state index in [4.69, 9.17) is 15.9 Å². The van der Waals surface area contributed by atoms with Crippen LogP contribution in [0.1, 0.15) is 25.5 Å². The van der Waals surface area contributed by atoms with Crippen LogP contribution < -0.4 is 5.73 Å². The van der Waals surface area contributed by atoms with Crippen LogP contribution in [0, 0.1) is 0 Å². The van der Waals surface area contributed by atoms with Crippen LogP contribution in [0.4, 0.5) is 0 Å². The SMILES string of the molecule is CCc1ccccn1.NC(CCC(=O)O)C(=O)O. The molecular formula is C12H18N2O4. The van der Waals surface area contributed by atoms with Crippen molar-refractivity contribution in [3.8, 4) is 0 Å². The molecule has 6 nitrogen and oxygen atoms in total. The van der Waals surface area contributed by atoms with Crippen molar-refractivity contribution in [2.45, 2.75) is 32.2 Å². The van der Waals surface area contributed by atoms with Crippen molar-refractivity contribution >= 4 is 11.9 Å². The Kier molecular flexibility index (Phi) is 8.13. The smallest absolute Gasteiger partial charge is 0.320 e. The van der Waals surface area contributed by atoms with Crippen molar-refractivity contribution < 1.29 is 19.8 Å². The molecule has 0 spiro atoms. The second-order valence-electron chi connectivity index (χ2n) is 3.55. The summed E-state index contributed by atoms with van der Waals surface area (Å²) in [5.74, 6) is -2.20.